The number of nitrogens with zero attached hydrogens (tertiary/aromatic N) is 1. The van der Waals surface area contributed by atoms with Crippen LogP contribution in [0.4, 0.5) is 5.69 Å². The molecule has 0 radical (unpaired) electrons. The normalized spacial score (nSPS) is 12.3. The molecule has 28 heavy (non-hydrogen) atoms. The quantitative estimate of drug-likeness (QED) is 0.673. The molecule has 6 nitrogen and oxygen atoms in total. The number of sulfonamides is 1. The fraction of sp³-hybridized carbons (Fsp3) is 0.316. The van der Waals surface area contributed by atoms with Gasteiger partial charge >= 0.3 is 0 Å². The number of carbonyl (C=O) groups excluding carboxylic acids is 1. The van der Waals surface area contributed by atoms with E-state index in [0.717, 1.165) is 21.9 Å². The van der Waals surface area contributed by atoms with Gasteiger partial charge in [0.2, 0.25) is 15.9 Å². The maximum absolute atomic E-state index is 12.4. The summed E-state index contributed by atoms with van der Waals surface area (Å²) >= 11 is 12.1. The molecule has 0 aliphatic heterocycles. The van der Waals surface area contributed by atoms with Gasteiger partial charge in [0.25, 0.3) is 0 Å². The molecular formula is C19H22Cl2N2O4S. The van der Waals surface area contributed by atoms with Crippen LogP contribution in [0.5, 0.6) is 5.75 Å². The molecule has 152 valence electrons. The summed E-state index contributed by atoms with van der Waals surface area (Å²) in [5.41, 5.74) is 1.13. The number of hydrogen-bond donors (Lipinski definition) is 1. The second kappa shape index (κ2) is 9.49. The first-order valence-corrected chi connectivity index (χ1v) is 11.1. The summed E-state index contributed by atoms with van der Waals surface area (Å²) in [7, 11) is -3.75. The first kappa shape index (κ1) is 22.3. The van der Waals surface area contributed by atoms with Crippen LogP contribution in [0, 0.1) is 6.92 Å². The van der Waals surface area contributed by atoms with Crippen LogP contribution in [-0.4, -0.2) is 39.8 Å². The number of aryl methyl sites for hydroxylation is 1. The highest BCUT2D eigenvalue weighted by Gasteiger charge is 2.24. The molecule has 0 aliphatic carbocycles. The largest absolute Gasteiger partial charge is 0.491 e. The second-order valence-corrected chi connectivity index (χ2v) is 9.08. The Morgan fingerprint density at radius 3 is 2.50 bits per heavy atom. The van der Waals surface area contributed by atoms with Gasteiger partial charge in [0.05, 0.1) is 28.0 Å². The van der Waals surface area contributed by atoms with Crippen LogP contribution in [0.25, 0.3) is 0 Å². The minimum absolute atomic E-state index is 0.0679. The van der Waals surface area contributed by atoms with Gasteiger partial charge in [-0.1, -0.05) is 47.5 Å². The highest BCUT2D eigenvalue weighted by Crippen LogP contribution is 2.33. The fourth-order valence-corrected chi connectivity index (χ4v) is 3.80. The third kappa shape index (κ3) is 6.02. The van der Waals surface area contributed by atoms with Crippen molar-refractivity contribution in [1.29, 1.82) is 0 Å². The van der Waals surface area contributed by atoms with Crippen LogP contribution in [0.15, 0.2) is 42.5 Å². The molecule has 0 spiro atoms. The summed E-state index contributed by atoms with van der Waals surface area (Å²) in [4.78, 5) is 12.4. The summed E-state index contributed by atoms with van der Waals surface area (Å²) in [5.74, 6) is 0.245. The number of halogens is 2. The third-order valence-electron chi connectivity index (χ3n) is 3.88. The Hall–Kier alpha value is -1.96. The fourth-order valence-electron chi connectivity index (χ4n) is 2.49. The average molecular weight is 445 g/mol. The summed E-state index contributed by atoms with van der Waals surface area (Å²) in [6, 6.07) is 11.8. The summed E-state index contributed by atoms with van der Waals surface area (Å²) < 4.78 is 31.0. The smallest absolute Gasteiger partial charge is 0.241 e. The summed E-state index contributed by atoms with van der Waals surface area (Å²) in [6.45, 7) is 3.52. The van der Waals surface area contributed by atoms with Gasteiger partial charge in [-0.25, -0.2) is 8.42 Å². The maximum Gasteiger partial charge on any atom is 0.241 e. The molecule has 9 heteroatoms. The minimum atomic E-state index is -3.75. The van der Waals surface area contributed by atoms with Gasteiger partial charge < -0.3 is 10.1 Å². The van der Waals surface area contributed by atoms with E-state index in [4.69, 9.17) is 27.9 Å². The lowest BCUT2D eigenvalue weighted by atomic mass is 10.2. The zero-order valence-corrected chi connectivity index (χ0v) is 18.1. The topological polar surface area (TPSA) is 75.7 Å². The van der Waals surface area contributed by atoms with Crippen molar-refractivity contribution in [3.05, 3.63) is 58.1 Å². The van der Waals surface area contributed by atoms with E-state index in [1.807, 2.05) is 31.2 Å². The number of hydrogen-bond acceptors (Lipinski definition) is 4. The molecule has 0 bridgehead atoms. The van der Waals surface area contributed by atoms with E-state index in [1.165, 1.54) is 6.07 Å². The molecule has 0 fully saturated rings. The number of carbonyl (C=O) groups is 1. The van der Waals surface area contributed by atoms with E-state index in [1.54, 1.807) is 19.1 Å². The molecule has 2 aromatic carbocycles. The summed E-state index contributed by atoms with van der Waals surface area (Å²) in [5, 5.41) is 3.00. The molecule has 1 amide bonds. The number of nitrogens with one attached hydrogen (secondary N) is 1. The van der Waals surface area contributed by atoms with Gasteiger partial charge in [0, 0.05) is 0 Å². The highest BCUT2D eigenvalue weighted by molar-refractivity contribution is 7.92. The van der Waals surface area contributed by atoms with Crippen molar-refractivity contribution < 1.29 is 17.9 Å². The molecule has 0 aromatic heterocycles. The SMILES string of the molecule is Cc1ccccc1OC[C@H](C)NC(=O)CN(c1cccc(Cl)c1Cl)S(C)(=O)=O. The maximum atomic E-state index is 12.4. The van der Waals surface area contributed by atoms with Gasteiger partial charge in [-0.15, -0.1) is 0 Å². The average Bonchev–Trinajstić information content (AvgIpc) is 2.61. The molecule has 1 N–H and O–H groups in total. The van der Waals surface area contributed by atoms with Gasteiger partial charge in [-0.3, -0.25) is 9.10 Å². The van der Waals surface area contributed by atoms with Crippen molar-refractivity contribution in [2.24, 2.45) is 0 Å². The Morgan fingerprint density at radius 1 is 1.18 bits per heavy atom. The van der Waals surface area contributed by atoms with Gasteiger partial charge in [-0.05, 0) is 37.6 Å². The number of rotatable bonds is 8. The number of para-hydroxylation sites is 1. The molecule has 1 atom stereocenters. The molecule has 0 heterocycles. The Morgan fingerprint density at radius 2 is 1.86 bits per heavy atom. The molecule has 2 rings (SSSR count). The molecular weight excluding hydrogens is 423 g/mol. The van der Waals surface area contributed by atoms with E-state index in [0.29, 0.717) is 0 Å². The van der Waals surface area contributed by atoms with Crippen molar-refractivity contribution in [1.82, 2.24) is 5.32 Å². The van der Waals surface area contributed by atoms with E-state index in [-0.39, 0.29) is 28.4 Å². The van der Waals surface area contributed by atoms with Gasteiger partial charge in [0.15, 0.2) is 0 Å². The first-order chi connectivity index (χ1) is 13.1. The van der Waals surface area contributed by atoms with Crippen LogP contribution >= 0.6 is 23.2 Å². The van der Waals surface area contributed by atoms with E-state index in [2.05, 4.69) is 5.32 Å². The molecule has 0 unspecified atom stereocenters. The van der Waals surface area contributed by atoms with Gasteiger partial charge in [-0.2, -0.15) is 0 Å². The zero-order valence-electron chi connectivity index (χ0n) is 15.8. The first-order valence-electron chi connectivity index (χ1n) is 8.49. The van der Waals surface area contributed by atoms with Crippen LogP contribution in [0.1, 0.15) is 12.5 Å². The van der Waals surface area contributed by atoms with E-state index in [9.17, 15) is 13.2 Å². The molecule has 0 saturated carbocycles. The number of amides is 1. The zero-order chi connectivity index (χ0) is 20.9. The number of benzene rings is 2. The summed E-state index contributed by atoms with van der Waals surface area (Å²) in [6.07, 6.45) is 1.00. The van der Waals surface area contributed by atoms with Crippen LogP contribution in [-0.2, 0) is 14.8 Å². The highest BCUT2D eigenvalue weighted by atomic mass is 35.5. The van der Waals surface area contributed by atoms with Crippen molar-refractivity contribution >= 4 is 44.8 Å². The Balaban J connectivity index is 2.04. The minimum Gasteiger partial charge on any atom is -0.491 e. The molecule has 0 aliphatic rings. The van der Waals surface area contributed by atoms with Crippen molar-refractivity contribution in [2.75, 3.05) is 23.7 Å². The van der Waals surface area contributed by atoms with Crippen molar-refractivity contribution in [3.8, 4) is 5.75 Å². The second-order valence-electron chi connectivity index (χ2n) is 6.39. The molecule has 2 aromatic rings. The monoisotopic (exact) mass is 444 g/mol. The Kier molecular flexibility index (Phi) is 7.57. The van der Waals surface area contributed by atoms with Crippen LogP contribution < -0.4 is 14.4 Å². The van der Waals surface area contributed by atoms with Crippen LogP contribution in [0.2, 0.25) is 10.0 Å². The lowest BCUT2D eigenvalue weighted by Gasteiger charge is -2.24. The predicted octanol–water partition coefficient (Wildman–Crippen LogP) is 3.65. The van der Waals surface area contributed by atoms with E-state index < -0.39 is 22.5 Å². The Labute approximate surface area is 175 Å². The van der Waals surface area contributed by atoms with E-state index >= 15 is 0 Å². The van der Waals surface area contributed by atoms with Gasteiger partial charge in [0.1, 0.15) is 18.9 Å². The van der Waals surface area contributed by atoms with Crippen molar-refractivity contribution in [3.63, 3.8) is 0 Å². The standard InChI is InChI=1S/C19H22Cl2N2O4S/c1-13-7-4-5-10-17(13)27-12-14(2)22-18(24)11-23(28(3,25)26)16-9-6-8-15(20)19(16)21/h4-10,14H,11-12H2,1-3H3,(H,22,24)/t14-/m0/s1. The third-order valence-corrected chi connectivity index (χ3v) is 5.81. The van der Waals surface area contributed by atoms with Crippen LogP contribution in [0.3, 0.4) is 0 Å². The Bertz CT molecular complexity index is 951. The lowest BCUT2D eigenvalue weighted by Crippen LogP contribution is -2.45. The lowest BCUT2D eigenvalue weighted by molar-refractivity contribution is -0.120. The predicted molar refractivity (Wildman–Crippen MR) is 113 cm³/mol. The number of anilines is 1. The van der Waals surface area contributed by atoms with Crippen molar-refractivity contribution in [2.45, 2.75) is 19.9 Å². The molecule has 0 saturated heterocycles. The number of ether oxygens (including phenoxy) is 1.